The zero-order valence-electron chi connectivity index (χ0n) is 23.0. The summed E-state index contributed by atoms with van der Waals surface area (Å²) in [5.74, 6) is 2.20. The normalized spacial score (nSPS) is 18.8. The van der Waals surface area contributed by atoms with Gasteiger partial charge in [0.15, 0.2) is 0 Å². The molecule has 3 aliphatic heterocycles. The number of aliphatic hydroxyl groups is 1. The molecule has 3 fully saturated rings. The first-order valence-electron chi connectivity index (χ1n) is 13.5. The Bertz CT molecular complexity index is 1530. The smallest absolute Gasteiger partial charge is 0.212 e. The van der Waals surface area contributed by atoms with E-state index in [1.165, 1.54) is 12.0 Å². The van der Waals surface area contributed by atoms with E-state index in [2.05, 4.69) is 38.1 Å². The first-order chi connectivity index (χ1) is 19.3. The van der Waals surface area contributed by atoms with Crippen LogP contribution in [-0.2, 0) is 6.54 Å². The third kappa shape index (κ3) is 5.18. The standard InChI is InChI=1S/C30H33N7O3/c1-30(2,38)8-9-40-25-11-26(29-22(12-31)15-34-37(29)19-25)21-5-6-27(32-14-21)35-17-23-10-24(18-35)36(23)16-20-4-7-28(39-3)33-13-20/h4-7,11,13-15,19,23-24,38H,8-10,16-18H2,1-3H3/t23-,24-/m0/s1. The minimum absolute atomic E-state index is 0.362. The van der Waals surface area contributed by atoms with E-state index >= 15 is 0 Å². The van der Waals surface area contributed by atoms with Crippen LogP contribution in [0.15, 0.2) is 55.1 Å². The van der Waals surface area contributed by atoms with Gasteiger partial charge in [0.25, 0.3) is 0 Å². The Morgan fingerprint density at radius 1 is 1.10 bits per heavy atom. The van der Waals surface area contributed by atoms with Crippen molar-refractivity contribution in [3.05, 3.63) is 66.2 Å². The number of fused-ring (bicyclic) bond motifs is 3. The van der Waals surface area contributed by atoms with E-state index in [0.717, 1.165) is 42.1 Å². The molecule has 2 bridgehead atoms. The number of pyridine rings is 3. The number of nitriles is 1. The average molecular weight is 540 g/mol. The van der Waals surface area contributed by atoms with Crippen LogP contribution < -0.4 is 14.4 Å². The van der Waals surface area contributed by atoms with Crippen LogP contribution in [0.3, 0.4) is 0 Å². The van der Waals surface area contributed by atoms with Gasteiger partial charge in [-0.3, -0.25) is 4.90 Å². The highest BCUT2D eigenvalue weighted by molar-refractivity contribution is 5.85. The molecule has 7 heterocycles. The van der Waals surface area contributed by atoms with E-state index in [1.807, 2.05) is 30.6 Å². The van der Waals surface area contributed by atoms with Crippen LogP contribution in [0.5, 0.6) is 11.6 Å². The van der Waals surface area contributed by atoms with Gasteiger partial charge in [0.2, 0.25) is 5.88 Å². The Balaban J connectivity index is 1.18. The van der Waals surface area contributed by atoms with E-state index < -0.39 is 5.60 Å². The number of nitrogens with zero attached hydrogens (tertiary/aromatic N) is 7. The number of anilines is 1. The second-order valence-corrected chi connectivity index (χ2v) is 11.2. The Morgan fingerprint density at radius 2 is 1.93 bits per heavy atom. The summed E-state index contributed by atoms with van der Waals surface area (Å²) in [5, 5.41) is 24.1. The molecule has 0 saturated carbocycles. The molecular weight excluding hydrogens is 506 g/mol. The fraction of sp³-hybridized carbons (Fsp3) is 0.400. The van der Waals surface area contributed by atoms with Crippen LogP contribution in [-0.4, -0.2) is 74.1 Å². The van der Waals surface area contributed by atoms with Crippen molar-refractivity contribution >= 4 is 11.3 Å². The lowest BCUT2D eigenvalue weighted by molar-refractivity contribution is -0.00876. The summed E-state index contributed by atoms with van der Waals surface area (Å²) in [6.07, 6.45) is 8.78. The summed E-state index contributed by atoms with van der Waals surface area (Å²) < 4.78 is 12.8. The summed E-state index contributed by atoms with van der Waals surface area (Å²) in [6, 6.07) is 13.2. The second-order valence-electron chi connectivity index (χ2n) is 11.2. The molecule has 3 saturated heterocycles. The van der Waals surface area contributed by atoms with Crippen molar-refractivity contribution in [2.45, 2.75) is 50.9 Å². The van der Waals surface area contributed by atoms with E-state index in [4.69, 9.17) is 14.5 Å². The first kappa shape index (κ1) is 26.0. The molecule has 10 heteroatoms. The molecule has 4 aromatic heterocycles. The summed E-state index contributed by atoms with van der Waals surface area (Å²) >= 11 is 0. The SMILES string of the molecule is COc1ccc(CN2[C@H]3C[C@H]2CN(c2ccc(-c4cc(OCCC(C)(C)O)cn5ncc(C#N)c45)cn2)C3)cn1. The number of hydrogen-bond acceptors (Lipinski definition) is 9. The summed E-state index contributed by atoms with van der Waals surface area (Å²) in [6.45, 7) is 6.63. The predicted octanol–water partition coefficient (Wildman–Crippen LogP) is 3.67. The highest BCUT2D eigenvalue weighted by atomic mass is 16.5. The van der Waals surface area contributed by atoms with Crippen LogP contribution >= 0.6 is 0 Å². The average Bonchev–Trinajstić information content (AvgIpc) is 3.38. The van der Waals surface area contributed by atoms with E-state index in [-0.39, 0.29) is 0 Å². The Morgan fingerprint density at radius 3 is 2.58 bits per heavy atom. The fourth-order valence-electron chi connectivity index (χ4n) is 5.60. The molecule has 0 aliphatic carbocycles. The van der Waals surface area contributed by atoms with Gasteiger partial charge < -0.3 is 19.5 Å². The van der Waals surface area contributed by atoms with Gasteiger partial charge in [-0.1, -0.05) is 6.07 Å². The quantitative estimate of drug-likeness (QED) is 0.340. The Kier molecular flexibility index (Phi) is 6.78. The summed E-state index contributed by atoms with van der Waals surface area (Å²) in [5.41, 5.74) is 3.30. The van der Waals surface area contributed by atoms with Crippen LogP contribution in [0.4, 0.5) is 5.82 Å². The van der Waals surface area contributed by atoms with Crippen molar-refractivity contribution in [2.75, 3.05) is 31.7 Å². The van der Waals surface area contributed by atoms with Gasteiger partial charge >= 0.3 is 0 Å². The van der Waals surface area contributed by atoms with E-state index in [1.54, 1.807) is 37.9 Å². The van der Waals surface area contributed by atoms with E-state index in [0.29, 0.717) is 42.3 Å². The molecule has 7 rings (SSSR count). The topological polar surface area (TPSA) is 112 Å². The Labute approximate surface area is 233 Å². The molecule has 0 spiro atoms. The Hall–Kier alpha value is -4.20. The molecule has 1 N–H and O–H groups in total. The number of piperazine rings is 1. The molecular formula is C30H33N7O3. The highest BCUT2D eigenvalue weighted by Gasteiger charge is 2.44. The van der Waals surface area contributed by atoms with Crippen molar-refractivity contribution in [3.8, 4) is 28.8 Å². The molecule has 2 atom stereocenters. The predicted molar refractivity (Wildman–Crippen MR) is 150 cm³/mol. The highest BCUT2D eigenvalue weighted by Crippen LogP contribution is 2.36. The minimum Gasteiger partial charge on any atom is -0.492 e. The van der Waals surface area contributed by atoms with Crippen molar-refractivity contribution in [2.24, 2.45) is 0 Å². The number of methoxy groups -OCH3 is 1. The zero-order valence-corrected chi connectivity index (χ0v) is 23.0. The van der Waals surface area contributed by atoms with E-state index in [9.17, 15) is 10.4 Å². The van der Waals surface area contributed by atoms with Crippen LogP contribution in [0.1, 0.15) is 37.8 Å². The van der Waals surface area contributed by atoms with Gasteiger partial charge in [-0.05, 0) is 44.0 Å². The maximum atomic E-state index is 10.0. The number of aromatic nitrogens is 4. The molecule has 10 nitrogen and oxygen atoms in total. The van der Waals surface area contributed by atoms with Crippen molar-refractivity contribution < 1.29 is 14.6 Å². The van der Waals surface area contributed by atoms with Gasteiger partial charge in [-0.25, -0.2) is 14.5 Å². The largest absolute Gasteiger partial charge is 0.492 e. The molecule has 0 amide bonds. The third-order valence-electron chi connectivity index (χ3n) is 7.79. The van der Waals surface area contributed by atoms with Gasteiger partial charge in [-0.2, -0.15) is 10.4 Å². The van der Waals surface area contributed by atoms with Crippen LogP contribution in [0, 0.1) is 11.3 Å². The van der Waals surface area contributed by atoms with Gasteiger partial charge in [0.1, 0.15) is 17.6 Å². The lowest BCUT2D eigenvalue weighted by atomic mass is 9.87. The number of ether oxygens (including phenoxy) is 2. The maximum absolute atomic E-state index is 10.0. The summed E-state index contributed by atoms with van der Waals surface area (Å²) in [7, 11) is 1.63. The van der Waals surface area contributed by atoms with Crippen molar-refractivity contribution in [3.63, 3.8) is 0 Å². The molecule has 3 aliphatic rings. The number of rotatable bonds is 9. The lowest BCUT2D eigenvalue weighted by Crippen LogP contribution is -2.68. The summed E-state index contributed by atoms with van der Waals surface area (Å²) in [4.78, 5) is 14.1. The zero-order chi connectivity index (χ0) is 27.9. The second kappa shape index (κ2) is 10.4. The fourth-order valence-corrected chi connectivity index (χ4v) is 5.60. The minimum atomic E-state index is -0.814. The van der Waals surface area contributed by atoms with Gasteiger partial charge in [0, 0.05) is 67.7 Å². The third-order valence-corrected chi connectivity index (χ3v) is 7.79. The molecule has 0 unspecified atom stereocenters. The lowest BCUT2D eigenvalue weighted by Gasteiger charge is -2.56. The van der Waals surface area contributed by atoms with Crippen LogP contribution in [0.25, 0.3) is 16.6 Å². The van der Waals surface area contributed by atoms with Gasteiger partial charge in [-0.15, -0.1) is 0 Å². The molecule has 0 radical (unpaired) electrons. The monoisotopic (exact) mass is 539 g/mol. The van der Waals surface area contributed by atoms with Gasteiger partial charge in [0.05, 0.1) is 42.8 Å². The molecule has 4 aromatic rings. The maximum Gasteiger partial charge on any atom is 0.212 e. The molecule has 206 valence electrons. The number of hydrogen-bond donors (Lipinski definition) is 1. The first-order valence-corrected chi connectivity index (χ1v) is 13.5. The molecule has 40 heavy (non-hydrogen) atoms. The number of piperidine rings is 1. The van der Waals surface area contributed by atoms with Crippen LogP contribution in [0.2, 0.25) is 0 Å². The van der Waals surface area contributed by atoms with Crippen molar-refractivity contribution in [1.82, 2.24) is 24.5 Å². The van der Waals surface area contributed by atoms with Crippen molar-refractivity contribution in [1.29, 1.82) is 5.26 Å². The molecule has 0 aromatic carbocycles.